The van der Waals surface area contributed by atoms with Crippen molar-refractivity contribution < 1.29 is 4.79 Å². The summed E-state index contributed by atoms with van der Waals surface area (Å²) in [4.78, 5) is 11.9. The second kappa shape index (κ2) is 5.81. The fraction of sp³-hybridized carbons (Fsp3) is 0.176. The van der Waals surface area contributed by atoms with Crippen molar-refractivity contribution in [3.05, 3.63) is 64.7 Å². The van der Waals surface area contributed by atoms with Crippen LogP contribution in [-0.4, -0.2) is 16.6 Å². The van der Waals surface area contributed by atoms with Crippen LogP contribution in [0.2, 0.25) is 5.02 Å². The van der Waals surface area contributed by atoms with Gasteiger partial charge in [0.1, 0.15) is 0 Å². The third-order valence-electron chi connectivity index (χ3n) is 3.74. The summed E-state index contributed by atoms with van der Waals surface area (Å²) < 4.78 is 0. The van der Waals surface area contributed by atoms with Gasteiger partial charge in [-0.15, -0.1) is 0 Å². The van der Waals surface area contributed by atoms with Crippen molar-refractivity contribution in [1.82, 2.24) is 5.01 Å². The summed E-state index contributed by atoms with van der Waals surface area (Å²) >= 11 is 6.28. The molecule has 1 heterocycles. The molecule has 112 valence electrons. The van der Waals surface area contributed by atoms with Crippen molar-refractivity contribution in [2.24, 2.45) is 5.10 Å². The standard InChI is InChI=1S/C17H16ClN3O/c1-11(22)21-17(14-4-2-3-5-15(14)18)10-16(20-21)12-6-8-13(19)9-7-12/h2-9,17H,10,19H2,1H3. The Balaban J connectivity index is 1.96. The first-order valence-electron chi connectivity index (χ1n) is 7.04. The monoisotopic (exact) mass is 313 g/mol. The molecule has 1 amide bonds. The van der Waals surface area contributed by atoms with Gasteiger partial charge in [0.2, 0.25) is 5.91 Å². The minimum atomic E-state index is -0.168. The molecule has 0 bridgehead atoms. The van der Waals surface area contributed by atoms with Gasteiger partial charge in [-0.05, 0) is 29.3 Å². The van der Waals surface area contributed by atoms with Crippen LogP contribution in [0.4, 0.5) is 5.69 Å². The number of carbonyl (C=O) groups excluding carboxylic acids is 1. The molecule has 1 aliphatic heterocycles. The number of carbonyl (C=O) groups is 1. The lowest BCUT2D eigenvalue weighted by molar-refractivity contribution is -0.130. The zero-order valence-electron chi connectivity index (χ0n) is 12.2. The van der Waals surface area contributed by atoms with E-state index in [4.69, 9.17) is 17.3 Å². The van der Waals surface area contributed by atoms with E-state index in [-0.39, 0.29) is 11.9 Å². The number of benzene rings is 2. The maximum absolute atomic E-state index is 11.9. The zero-order valence-corrected chi connectivity index (χ0v) is 12.9. The molecule has 0 fully saturated rings. The molecule has 0 aliphatic carbocycles. The topological polar surface area (TPSA) is 58.7 Å². The minimum absolute atomic E-state index is 0.102. The van der Waals surface area contributed by atoms with Gasteiger partial charge in [0.15, 0.2) is 0 Å². The largest absolute Gasteiger partial charge is 0.399 e. The highest BCUT2D eigenvalue weighted by atomic mass is 35.5. The highest BCUT2D eigenvalue weighted by Crippen LogP contribution is 2.36. The molecule has 3 rings (SSSR count). The number of rotatable bonds is 2. The van der Waals surface area contributed by atoms with Crippen LogP contribution >= 0.6 is 11.6 Å². The van der Waals surface area contributed by atoms with E-state index in [1.165, 1.54) is 11.9 Å². The molecule has 0 spiro atoms. The number of hydrazone groups is 1. The lowest BCUT2D eigenvalue weighted by Gasteiger charge is -2.21. The van der Waals surface area contributed by atoms with E-state index in [1.54, 1.807) is 0 Å². The minimum Gasteiger partial charge on any atom is -0.399 e. The zero-order chi connectivity index (χ0) is 15.7. The Labute approximate surface area is 134 Å². The highest BCUT2D eigenvalue weighted by molar-refractivity contribution is 6.31. The number of nitrogens with zero attached hydrogens (tertiary/aromatic N) is 2. The summed E-state index contributed by atoms with van der Waals surface area (Å²) in [5.41, 5.74) is 9.16. The average molecular weight is 314 g/mol. The van der Waals surface area contributed by atoms with Crippen LogP contribution in [-0.2, 0) is 4.79 Å². The van der Waals surface area contributed by atoms with Crippen LogP contribution in [0.15, 0.2) is 53.6 Å². The molecular weight excluding hydrogens is 298 g/mol. The van der Waals surface area contributed by atoms with Crippen LogP contribution in [0, 0.1) is 0 Å². The molecule has 0 saturated carbocycles. The van der Waals surface area contributed by atoms with Gasteiger partial charge in [-0.2, -0.15) is 5.10 Å². The van der Waals surface area contributed by atoms with Gasteiger partial charge in [-0.3, -0.25) is 4.79 Å². The number of hydrogen-bond donors (Lipinski definition) is 1. The first kappa shape index (κ1) is 14.6. The maximum atomic E-state index is 11.9. The number of hydrogen-bond acceptors (Lipinski definition) is 3. The van der Waals surface area contributed by atoms with Crippen LogP contribution in [0.1, 0.15) is 30.5 Å². The smallest absolute Gasteiger partial charge is 0.240 e. The Morgan fingerprint density at radius 1 is 1.23 bits per heavy atom. The molecule has 1 unspecified atom stereocenters. The summed E-state index contributed by atoms with van der Waals surface area (Å²) in [6.07, 6.45) is 0.632. The molecule has 5 heteroatoms. The summed E-state index contributed by atoms with van der Waals surface area (Å²) in [6.45, 7) is 1.51. The molecule has 0 radical (unpaired) electrons. The van der Waals surface area contributed by atoms with Crippen LogP contribution < -0.4 is 5.73 Å². The fourth-order valence-electron chi connectivity index (χ4n) is 2.64. The predicted octanol–water partition coefficient (Wildman–Crippen LogP) is 3.62. The third kappa shape index (κ3) is 2.70. The third-order valence-corrected chi connectivity index (χ3v) is 4.09. The summed E-state index contributed by atoms with van der Waals surface area (Å²) in [5.74, 6) is -0.102. The van der Waals surface area contributed by atoms with Crippen molar-refractivity contribution in [1.29, 1.82) is 0 Å². The molecule has 0 saturated heterocycles. The van der Waals surface area contributed by atoms with Gasteiger partial charge in [-0.1, -0.05) is 41.9 Å². The van der Waals surface area contributed by atoms with Gasteiger partial charge in [0.25, 0.3) is 0 Å². The Bertz CT molecular complexity index is 740. The van der Waals surface area contributed by atoms with E-state index in [1.807, 2.05) is 48.5 Å². The van der Waals surface area contributed by atoms with E-state index in [0.717, 1.165) is 16.8 Å². The lowest BCUT2D eigenvalue weighted by atomic mass is 9.98. The summed E-state index contributed by atoms with van der Waals surface area (Å²) in [6, 6.07) is 14.9. The number of nitrogen functional groups attached to an aromatic ring is 1. The van der Waals surface area contributed by atoms with Crippen LogP contribution in [0.3, 0.4) is 0 Å². The summed E-state index contributed by atoms with van der Waals surface area (Å²) in [7, 11) is 0. The highest BCUT2D eigenvalue weighted by Gasteiger charge is 2.32. The average Bonchev–Trinajstić information content (AvgIpc) is 2.93. The van der Waals surface area contributed by atoms with E-state index >= 15 is 0 Å². The Kier molecular flexibility index (Phi) is 3.86. The molecule has 2 aromatic carbocycles. The first-order chi connectivity index (χ1) is 10.6. The maximum Gasteiger partial charge on any atom is 0.240 e. The van der Waals surface area contributed by atoms with Gasteiger partial charge >= 0.3 is 0 Å². The number of amides is 1. The van der Waals surface area contributed by atoms with Gasteiger partial charge in [-0.25, -0.2) is 5.01 Å². The Morgan fingerprint density at radius 3 is 2.55 bits per heavy atom. The first-order valence-corrected chi connectivity index (χ1v) is 7.41. The molecule has 22 heavy (non-hydrogen) atoms. The molecule has 1 atom stereocenters. The second-order valence-electron chi connectivity index (χ2n) is 5.27. The molecule has 1 aliphatic rings. The fourth-order valence-corrected chi connectivity index (χ4v) is 2.90. The van der Waals surface area contributed by atoms with E-state index in [9.17, 15) is 4.79 Å². The van der Waals surface area contributed by atoms with E-state index in [2.05, 4.69) is 5.10 Å². The molecule has 2 aromatic rings. The van der Waals surface area contributed by atoms with Crippen molar-refractivity contribution in [2.45, 2.75) is 19.4 Å². The van der Waals surface area contributed by atoms with Crippen molar-refractivity contribution >= 4 is 28.9 Å². The Morgan fingerprint density at radius 2 is 1.91 bits per heavy atom. The Hall–Kier alpha value is -2.33. The molecule has 0 aromatic heterocycles. The normalized spacial score (nSPS) is 17.5. The van der Waals surface area contributed by atoms with E-state index in [0.29, 0.717) is 17.1 Å². The number of anilines is 1. The molecule has 2 N–H and O–H groups in total. The quantitative estimate of drug-likeness (QED) is 0.861. The lowest BCUT2D eigenvalue weighted by Crippen LogP contribution is -2.24. The second-order valence-corrected chi connectivity index (χ2v) is 5.68. The molecule has 4 nitrogen and oxygen atoms in total. The SMILES string of the molecule is CC(=O)N1N=C(c2ccc(N)cc2)CC1c1ccccc1Cl. The number of halogens is 1. The van der Waals surface area contributed by atoms with Crippen molar-refractivity contribution in [2.75, 3.05) is 5.73 Å². The predicted molar refractivity (Wildman–Crippen MR) is 88.7 cm³/mol. The summed E-state index contributed by atoms with van der Waals surface area (Å²) in [5, 5.41) is 6.64. The van der Waals surface area contributed by atoms with E-state index < -0.39 is 0 Å². The van der Waals surface area contributed by atoms with Crippen LogP contribution in [0.5, 0.6) is 0 Å². The van der Waals surface area contributed by atoms with Gasteiger partial charge < -0.3 is 5.73 Å². The van der Waals surface area contributed by atoms with Crippen molar-refractivity contribution in [3.8, 4) is 0 Å². The van der Waals surface area contributed by atoms with Crippen molar-refractivity contribution in [3.63, 3.8) is 0 Å². The molecular formula is C17H16ClN3O. The van der Waals surface area contributed by atoms with Gasteiger partial charge in [0, 0.05) is 24.1 Å². The van der Waals surface area contributed by atoms with Crippen LogP contribution in [0.25, 0.3) is 0 Å². The van der Waals surface area contributed by atoms with Gasteiger partial charge in [0.05, 0.1) is 11.8 Å². The number of nitrogens with two attached hydrogens (primary N) is 1.